The summed E-state index contributed by atoms with van der Waals surface area (Å²) in [5, 5.41) is 5.91. The van der Waals surface area contributed by atoms with Gasteiger partial charge in [-0.2, -0.15) is 0 Å². The Balaban J connectivity index is 2.07. The first-order valence-electron chi connectivity index (χ1n) is 6.27. The SMILES string of the molecule is CNc1cc(C)ncc1C(=O)NCc1ccc(Br)cc1. The molecule has 0 unspecified atom stereocenters. The zero-order valence-corrected chi connectivity index (χ0v) is 13.0. The molecule has 2 aromatic rings. The van der Waals surface area contributed by atoms with Gasteiger partial charge in [0.05, 0.1) is 11.3 Å². The van der Waals surface area contributed by atoms with Crippen molar-refractivity contribution in [1.82, 2.24) is 10.3 Å². The third-order valence-corrected chi connectivity index (χ3v) is 3.45. The molecule has 0 aliphatic carbocycles. The number of rotatable bonds is 4. The summed E-state index contributed by atoms with van der Waals surface area (Å²) in [5.74, 6) is -0.134. The first-order chi connectivity index (χ1) is 9.60. The number of carbonyl (C=O) groups excluding carboxylic acids is 1. The van der Waals surface area contributed by atoms with Gasteiger partial charge in [0, 0.05) is 30.0 Å². The molecule has 5 heteroatoms. The predicted octanol–water partition coefficient (Wildman–Crippen LogP) is 3.12. The van der Waals surface area contributed by atoms with E-state index in [2.05, 4.69) is 31.5 Å². The van der Waals surface area contributed by atoms with Crippen molar-refractivity contribution in [3.8, 4) is 0 Å². The normalized spacial score (nSPS) is 10.2. The van der Waals surface area contributed by atoms with Crippen LogP contribution in [0.2, 0.25) is 0 Å². The van der Waals surface area contributed by atoms with Gasteiger partial charge >= 0.3 is 0 Å². The fourth-order valence-electron chi connectivity index (χ4n) is 1.83. The van der Waals surface area contributed by atoms with Gasteiger partial charge in [0.1, 0.15) is 0 Å². The Kier molecular flexibility index (Phi) is 4.74. The highest BCUT2D eigenvalue weighted by Crippen LogP contribution is 2.15. The molecule has 2 rings (SSSR count). The maximum atomic E-state index is 12.2. The van der Waals surface area contributed by atoms with Crippen LogP contribution in [0.3, 0.4) is 0 Å². The van der Waals surface area contributed by atoms with Gasteiger partial charge in [-0.1, -0.05) is 28.1 Å². The van der Waals surface area contributed by atoms with E-state index >= 15 is 0 Å². The van der Waals surface area contributed by atoms with Crippen LogP contribution in [0.4, 0.5) is 5.69 Å². The second kappa shape index (κ2) is 6.52. The number of aryl methyl sites for hydroxylation is 1. The number of pyridine rings is 1. The molecule has 2 N–H and O–H groups in total. The Bertz CT molecular complexity index is 611. The van der Waals surface area contributed by atoms with Crippen molar-refractivity contribution < 1.29 is 4.79 Å². The zero-order valence-electron chi connectivity index (χ0n) is 11.4. The topological polar surface area (TPSA) is 54.0 Å². The minimum absolute atomic E-state index is 0.134. The van der Waals surface area contributed by atoms with Gasteiger partial charge in [-0.3, -0.25) is 9.78 Å². The van der Waals surface area contributed by atoms with Gasteiger partial charge in [0.2, 0.25) is 0 Å². The summed E-state index contributed by atoms with van der Waals surface area (Å²) < 4.78 is 1.02. The average Bonchev–Trinajstić information content (AvgIpc) is 2.46. The molecule has 20 heavy (non-hydrogen) atoms. The van der Waals surface area contributed by atoms with E-state index in [4.69, 9.17) is 0 Å². The molecule has 0 aliphatic rings. The number of hydrogen-bond donors (Lipinski definition) is 2. The van der Waals surface area contributed by atoms with Crippen LogP contribution in [0.1, 0.15) is 21.6 Å². The lowest BCUT2D eigenvalue weighted by Crippen LogP contribution is -2.24. The van der Waals surface area contributed by atoms with Crippen LogP contribution in [0, 0.1) is 6.92 Å². The standard InChI is InChI=1S/C15H16BrN3O/c1-10-7-14(17-2)13(9-18-10)15(20)19-8-11-3-5-12(16)6-4-11/h3-7,9H,8H2,1-2H3,(H,17,18)(H,19,20). The molecule has 0 bridgehead atoms. The summed E-state index contributed by atoms with van der Waals surface area (Å²) in [6.45, 7) is 2.38. The summed E-state index contributed by atoms with van der Waals surface area (Å²) in [7, 11) is 1.79. The van der Waals surface area contributed by atoms with E-state index in [1.807, 2.05) is 37.3 Å². The number of nitrogens with zero attached hydrogens (tertiary/aromatic N) is 1. The minimum Gasteiger partial charge on any atom is -0.387 e. The van der Waals surface area contributed by atoms with Crippen molar-refractivity contribution >= 4 is 27.5 Å². The number of hydrogen-bond acceptors (Lipinski definition) is 3. The maximum absolute atomic E-state index is 12.2. The Hall–Kier alpha value is -1.88. The summed E-state index contributed by atoms with van der Waals surface area (Å²) in [6.07, 6.45) is 1.60. The molecular formula is C15H16BrN3O. The average molecular weight is 334 g/mol. The molecule has 0 saturated heterocycles. The van der Waals surface area contributed by atoms with Crippen molar-refractivity contribution in [1.29, 1.82) is 0 Å². The van der Waals surface area contributed by atoms with Crippen LogP contribution in [-0.4, -0.2) is 17.9 Å². The molecule has 0 aliphatic heterocycles. The van der Waals surface area contributed by atoms with Crippen molar-refractivity contribution in [3.63, 3.8) is 0 Å². The second-order valence-corrected chi connectivity index (χ2v) is 5.35. The molecule has 0 atom stereocenters. The highest BCUT2D eigenvalue weighted by atomic mass is 79.9. The second-order valence-electron chi connectivity index (χ2n) is 4.43. The molecule has 1 heterocycles. The minimum atomic E-state index is -0.134. The molecule has 0 fully saturated rings. The monoisotopic (exact) mass is 333 g/mol. The molecule has 0 radical (unpaired) electrons. The fraction of sp³-hybridized carbons (Fsp3) is 0.200. The Morgan fingerprint density at radius 1 is 1.30 bits per heavy atom. The van der Waals surface area contributed by atoms with Gasteiger partial charge in [-0.25, -0.2) is 0 Å². The Morgan fingerprint density at radius 2 is 2.00 bits per heavy atom. The van der Waals surface area contributed by atoms with E-state index in [1.165, 1.54) is 0 Å². The number of halogens is 1. The Morgan fingerprint density at radius 3 is 2.65 bits per heavy atom. The van der Waals surface area contributed by atoms with Crippen molar-refractivity contribution in [2.45, 2.75) is 13.5 Å². The molecule has 1 amide bonds. The van der Waals surface area contributed by atoms with E-state index in [9.17, 15) is 4.79 Å². The van der Waals surface area contributed by atoms with E-state index < -0.39 is 0 Å². The summed E-state index contributed by atoms with van der Waals surface area (Å²) in [4.78, 5) is 16.3. The molecule has 0 saturated carbocycles. The molecule has 4 nitrogen and oxygen atoms in total. The van der Waals surface area contributed by atoms with Gasteiger partial charge in [-0.15, -0.1) is 0 Å². The van der Waals surface area contributed by atoms with Gasteiger partial charge in [0.25, 0.3) is 5.91 Å². The lowest BCUT2D eigenvalue weighted by molar-refractivity contribution is 0.0951. The zero-order chi connectivity index (χ0) is 14.5. The van der Waals surface area contributed by atoms with E-state index in [1.54, 1.807) is 13.2 Å². The van der Waals surface area contributed by atoms with Crippen LogP contribution >= 0.6 is 15.9 Å². The first-order valence-corrected chi connectivity index (χ1v) is 7.06. The van der Waals surface area contributed by atoms with Crippen molar-refractivity contribution in [2.24, 2.45) is 0 Å². The molecule has 0 spiro atoms. The summed E-state index contributed by atoms with van der Waals surface area (Å²) in [5.41, 5.74) is 3.26. The summed E-state index contributed by atoms with van der Waals surface area (Å²) in [6, 6.07) is 9.70. The first kappa shape index (κ1) is 14.5. The lowest BCUT2D eigenvalue weighted by Gasteiger charge is -2.10. The van der Waals surface area contributed by atoms with Crippen LogP contribution in [0.5, 0.6) is 0 Å². The van der Waals surface area contributed by atoms with Crippen LogP contribution in [0.15, 0.2) is 41.0 Å². The van der Waals surface area contributed by atoms with Crippen molar-refractivity contribution in [2.75, 3.05) is 12.4 Å². The fourth-order valence-corrected chi connectivity index (χ4v) is 2.09. The Labute approximate surface area is 126 Å². The lowest BCUT2D eigenvalue weighted by atomic mass is 10.2. The number of aromatic nitrogens is 1. The predicted molar refractivity (Wildman–Crippen MR) is 83.8 cm³/mol. The molecule has 1 aromatic carbocycles. The molecule has 104 valence electrons. The number of benzene rings is 1. The van der Waals surface area contributed by atoms with Gasteiger partial charge in [0.15, 0.2) is 0 Å². The van der Waals surface area contributed by atoms with E-state index in [-0.39, 0.29) is 5.91 Å². The number of amides is 1. The van der Waals surface area contributed by atoms with Crippen LogP contribution in [0.25, 0.3) is 0 Å². The third kappa shape index (κ3) is 3.57. The van der Waals surface area contributed by atoms with Crippen LogP contribution in [-0.2, 0) is 6.54 Å². The molecular weight excluding hydrogens is 318 g/mol. The smallest absolute Gasteiger partial charge is 0.255 e. The highest BCUT2D eigenvalue weighted by Gasteiger charge is 2.11. The number of nitrogens with one attached hydrogen (secondary N) is 2. The third-order valence-electron chi connectivity index (χ3n) is 2.92. The number of carbonyl (C=O) groups is 1. The van der Waals surface area contributed by atoms with Gasteiger partial charge < -0.3 is 10.6 Å². The van der Waals surface area contributed by atoms with Crippen molar-refractivity contribution in [3.05, 3.63) is 57.8 Å². The number of anilines is 1. The maximum Gasteiger partial charge on any atom is 0.255 e. The van der Waals surface area contributed by atoms with Crippen LogP contribution < -0.4 is 10.6 Å². The highest BCUT2D eigenvalue weighted by molar-refractivity contribution is 9.10. The summed E-state index contributed by atoms with van der Waals surface area (Å²) >= 11 is 3.38. The van der Waals surface area contributed by atoms with Gasteiger partial charge in [-0.05, 0) is 30.7 Å². The van der Waals surface area contributed by atoms with E-state index in [0.29, 0.717) is 12.1 Å². The largest absolute Gasteiger partial charge is 0.387 e. The van der Waals surface area contributed by atoms with E-state index in [0.717, 1.165) is 21.4 Å². The quantitative estimate of drug-likeness (QED) is 0.903. The molecule has 1 aromatic heterocycles.